The summed E-state index contributed by atoms with van der Waals surface area (Å²) >= 11 is 0. The van der Waals surface area contributed by atoms with Crippen LogP contribution in [0.4, 0.5) is 0 Å². The summed E-state index contributed by atoms with van der Waals surface area (Å²) in [7, 11) is 0. The van der Waals surface area contributed by atoms with Crippen LogP contribution in [0.25, 0.3) is 0 Å². The number of aliphatic carboxylic acids is 2. The van der Waals surface area contributed by atoms with Crippen LogP contribution in [0.1, 0.15) is 32.1 Å². The maximum Gasteiger partial charge on any atom is 0.309 e. The van der Waals surface area contributed by atoms with Crippen LogP contribution in [0.5, 0.6) is 0 Å². The number of carbonyl (C=O) groups is 2. The van der Waals surface area contributed by atoms with Gasteiger partial charge in [-0.3, -0.25) is 9.59 Å². The number of carboxylic acids is 2. The Labute approximate surface area is 93.6 Å². The van der Waals surface area contributed by atoms with Crippen molar-refractivity contribution < 1.29 is 19.8 Å². The Hall–Kier alpha value is -1.06. The van der Waals surface area contributed by atoms with E-state index in [2.05, 4.69) is 0 Å². The van der Waals surface area contributed by atoms with E-state index in [0.717, 1.165) is 19.3 Å². The quantitative estimate of drug-likeness (QED) is 0.747. The summed E-state index contributed by atoms with van der Waals surface area (Å²) in [6.07, 6.45) is 3.82. The van der Waals surface area contributed by atoms with E-state index < -0.39 is 17.4 Å². The summed E-state index contributed by atoms with van der Waals surface area (Å²) in [5.74, 6) is -1.00. The SMILES string of the molecule is O=C(O)C1C2CC3CC1CC(C(=O)O)(C3)C2. The molecule has 4 aliphatic rings. The van der Waals surface area contributed by atoms with Crippen LogP contribution >= 0.6 is 0 Å². The van der Waals surface area contributed by atoms with Gasteiger partial charge in [-0.2, -0.15) is 0 Å². The topological polar surface area (TPSA) is 74.6 Å². The molecule has 0 aromatic heterocycles. The first-order valence-electron chi connectivity index (χ1n) is 5.98. The van der Waals surface area contributed by atoms with Crippen molar-refractivity contribution in [1.29, 1.82) is 0 Å². The fourth-order valence-corrected chi connectivity index (χ4v) is 4.69. The number of rotatable bonds is 2. The average molecular weight is 224 g/mol. The molecule has 0 spiro atoms. The molecule has 88 valence electrons. The second kappa shape index (κ2) is 2.99. The summed E-state index contributed by atoms with van der Waals surface area (Å²) in [4.78, 5) is 22.6. The molecule has 0 aromatic rings. The van der Waals surface area contributed by atoms with Gasteiger partial charge in [0.15, 0.2) is 0 Å². The van der Waals surface area contributed by atoms with Gasteiger partial charge in [-0.1, -0.05) is 0 Å². The highest BCUT2D eigenvalue weighted by Gasteiger charge is 2.60. The van der Waals surface area contributed by atoms with Crippen molar-refractivity contribution in [3.05, 3.63) is 0 Å². The number of carboxylic acid groups (broad SMARTS) is 2. The molecule has 4 nitrogen and oxygen atoms in total. The maximum atomic E-state index is 11.4. The second-order valence-corrected chi connectivity index (χ2v) is 5.92. The van der Waals surface area contributed by atoms with Crippen molar-refractivity contribution in [1.82, 2.24) is 0 Å². The van der Waals surface area contributed by atoms with Crippen LogP contribution in [0, 0.1) is 29.1 Å². The molecule has 4 saturated carbocycles. The Morgan fingerprint density at radius 3 is 2.00 bits per heavy atom. The van der Waals surface area contributed by atoms with E-state index in [9.17, 15) is 19.8 Å². The van der Waals surface area contributed by atoms with Crippen molar-refractivity contribution in [3.63, 3.8) is 0 Å². The predicted molar refractivity (Wildman–Crippen MR) is 54.7 cm³/mol. The van der Waals surface area contributed by atoms with E-state index in [1.54, 1.807) is 0 Å². The molecule has 0 aliphatic heterocycles. The lowest BCUT2D eigenvalue weighted by Gasteiger charge is -2.57. The smallest absolute Gasteiger partial charge is 0.309 e. The van der Waals surface area contributed by atoms with Crippen molar-refractivity contribution in [2.24, 2.45) is 29.1 Å². The Morgan fingerprint density at radius 1 is 1.00 bits per heavy atom. The van der Waals surface area contributed by atoms with E-state index in [1.807, 2.05) is 0 Å². The minimum absolute atomic E-state index is 0.111. The molecule has 4 rings (SSSR count). The van der Waals surface area contributed by atoms with Gasteiger partial charge in [-0.15, -0.1) is 0 Å². The predicted octanol–water partition coefficient (Wildman–Crippen LogP) is 1.60. The Kier molecular flexibility index (Phi) is 1.89. The minimum atomic E-state index is -0.714. The monoisotopic (exact) mass is 224 g/mol. The maximum absolute atomic E-state index is 11.4. The van der Waals surface area contributed by atoms with E-state index in [-0.39, 0.29) is 17.8 Å². The molecule has 0 aromatic carbocycles. The van der Waals surface area contributed by atoms with Crippen LogP contribution in [0.15, 0.2) is 0 Å². The third-order valence-electron chi connectivity index (χ3n) is 5.01. The zero-order valence-electron chi connectivity index (χ0n) is 9.06. The summed E-state index contributed by atoms with van der Waals surface area (Å²) in [5, 5.41) is 18.6. The summed E-state index contributed by atoms with van der Waals surface area (Å²) in [6, 6.07) is 0. The molecular formula is C12H16O4. The van der Waals surface area contributed by atoms with Crippen LogP contribution in [0.3, 0.4) is 0 Å². The molecule has 16 heavy (non-hydrogen) atoms. The van der Waals surface area contributed by atoms with Gasteiger partial charge in [-0.05, 0) is 49.9 Å². The Bertz CT molecular complexity index is 346. The summed E-state index contributed by atoms with van der Waals surface area (Å²) in [6.45, 7) is 0. The van der Waals surface area contributed by atoms with Gasteiger partial charge < -0.3 is 10.2 Å². The van der Waals surface area contributed by atoms with Crippen LogP contribution in [0.2, 0.25) is 0 Å². The zero-order valence-corrected chi connectivity index (χ0v) is 9.06. The van der Waals surface area contributed by atoms with Gasteiger partial charge in [0.05, 0.1) is 11.3 Å². The highest BCUT2D eigenvalue weighted by molar-refractivity contribution is 5.77. The Morgan fingerprint density at radius 2 is 1.56 bits per heavy atom. The van der Waals surface area contributed by atoms with Crippen molar-refractivity contribution in [2.75, 3.05) is 0 Å². The zero-order chi connectivity index (χ0) is 11.5. The van der Waals surface area contributed by atoms with Gasteiger partial charge in [0.2, 0.25) is 0 Å². The van der Waals surface area contributed by atoms with Gasteiger partial charge >= 0.3 is 11.9 Å². The Balaban J connectivity index is 1.95. The van der Waals surface area contributed by atoms with Gasteiger partial charge in [-0.25, -0.2) is 0 Å². The molecule has 4 heteroatoms. The van der Waals surface area contributed by atoms with Crippen molar-refractivity contribution in [2.45, 2.75) is 32.1 Å². The highest BCUT2D eigenvalue weighted by Crippen LogP contribution is 2.62. The number of hydrogen-bond donors (Lipinski definition) is 2. The lowest BCUT2D eigenvalue weighted by atomic mass is 9.46. The largest absolute Gasteiger partial charge is 0.481 e. The summed E-state index contributed by atoms with van der Waals surface area (Å²) < 4.78 is 0. The molecule has 4 fully saturated rings. The lowest BCUT2D eigenvalue weighted by molar-refractivity contribution is -0.179. The molecule has 4 aliphatic carbocycles. The molecule has 2 atom stereocenters. The normalized spacial score (nSPS) is 49.2. The van der Waals surface area contributed by atoms with E-state index >= 15 is 0 Å². The fraction of sp³-hybridized carbons (Fsp3) is 0.833. The second-order valence-electron chi connectivity index (χ2n) is 5.92. The van der Waals surface area contributed by atoms with E-state index in [1.165, 1.54) is 0 Å². The van der Waals surface area contributed by atoms with Crippen LogP contribution < -0.4 is 0 Å². The fourth-order valence-electron chi connectivity index (χ4n) is 4.69. The first-order chi connectivity index (χ1) is 7.52. The molecule has 4 bridgehead atoms. The lowest BCUT2D eigenvalue weighted by Crippen LogP contribution is -2.55. The van der Waals surface area contributed by atoms with Crippen molar-refractivity contribution in [3.8, 4) is 0 Å². The van der Waals surface area contributed by atoms with E-state index in [4.69, 9.17) is 0 Å². The standard InChI is InChI=1S/C12H16O4/c13-10(14)9-7-1-6-2-8(9)5-12(3-6,4-7)11(15)16/h6-9H,1-5H2,(H,13,14)(H,15,16). The molecular weight excluding hydrogens is 208 g/mol. The molecule has 0 amide bonds. The van der Waals surface area contributed by atoms with Crippen LogP contribution in [-0.4, -0.2) is 22.2 Å². The van der Waals surface area contributed by atoms with Gasteiger partial charge in [0, 0.05) is 0 Å². The van der Waals surface area contributed by atoms with Crippen molar-refractivity contribution >= 4 is 11.9 Å². The van der Waals surface area contributed by atoms with Gasteiger partial charge in [0.25, 0.3) is 0 Å². The third-order valence-corrected chi connectivity index (χ3v) is 5.01. The van der Waals surface area contributed by atoms with E-state index in [0.29, 0.717) is 18.8 Å². The molecule has 0 heterocycles. The molecule has 0 saturated heterocycles. The summed E-state index contributed by atoms with van der Waals surface area (Å²) in [5.41, 5.74) is -0.581. The van der Waals surface area contributed by atoms with Gasteiger partial charge in [0.1, 0.15) is 0 Å². The number of hydrogen-bond acceptors (Lipinski definition) is 2. The molecule has 2 unspecified atom stereocenters. The first-order valence-corrected chi connectivity index (χ1v) is 5.98. The average Bonchev–Trinajstić information content (AvgIpc) is 2.14. The first kappa shape index (κ1) is 10.1. The van der Waals surface area contributed by atoms with Crippen LogP contribution in [-0.2, 0) is 9.59 Å². The molecule has 2 N–H and O–H groups in total. The minimum Gasteiger partial charge on any atom is -0.481 e. The highest BCUT2D eigenvalue weighted by atomic mass is 16.4. The molecule has 0 radical (unpaired) electrons. The third kappa shape index (κ3) is 1.16.